The molecule has 0 radical (unpaired) electrons. The van der Waals surface area contributed by atoms with Gasteiger partial charge >= 0.3 is 13.6 Å². The van der Waals surface area contributed by atoms with E-state index in [-0.39, 0.29) is 35.8 Å². The summed E-state index contributed by atoms with van der Waals surface area (Å²) in [6.07, 6.45) is 8.45. The molecule has 0 aliphatic carbocycles. The number of fused-ring (bicyclic) bond motifs is 1. The fourth-order valence-electron chi connectivity index (χ4n) is 6.43. The lowest BCUT2D eigenvalue weighted by Crippen LogP contribution is -2.49. The van der Waals surface area contributed by atoms with Gasteiger partial charge in [-0.15, -0.1) is 23.5 Å². The van der Waals surface area contributed by atoms with Gasteiger partial charge in [0.05, 0.1) is 12.1 Å². The number of nitrogens with one attached hydrogen (secondary N) is 3. The third kappa shape index (κ3) is 9.40. The topological polar surface area (TPSA) is 126 Å². The molecule has 5 unspecified atom stereocenters. The third-order valence-electron chi connectivity index (χ3n) is 8.91. The molecule has 0 bridgehead atoms. The van der Waals surface area contributed by atoms with E-state index >= 15 is 0 Å². The molecule has 4 amide bonds. The summed E-state index contributed by atoms with van der Waals surface area (Å²) in [5.74, 6) is 0.420. The summed E-state index contributed by atoms with van der Waals surface area (Å²) in [7, 11) is -4.04. The number of hydrogen-bond donors (Lipinski definition) is 3. The van der Waals surface area contributed by atoms with Gasteiger partial charge in [0.15, 0.2) is 5.78 Å². The van der Waals surface area contributed by atoms with Gasteiger partial charge in [0.25, 0.3) is 0 Å². The highest BCUT2D eigenvalue weighted by molar-refractivity contribution is 8.00. The van der Waals surface area contributed by atoms with Crippen LogP contribution in [0.25, 0.3) is 0 Å². The summed E-state index contributed by atoms with van der Waals surface area (Å²) < 4.78 is 27.2. The number of urea groups is 1. The highest BCUT2D eigenvalue weighted by Gasteiger charge is 2.44. The Morgan fingerprint density at radius 1 is 1.00 bits per heavy atom. The SMILES string of the molecule is CSc1ccc(OP(=O)(Oc2ccc(SC)cc2)C(CC(C)C)NC(=O)C2CCCN2C(=O)CCCCC2SCC3NC(=O)NC32)cc1. The van der Waals surface area contributed by atoms with E-state index in [9.17, 15) is 18.9 Å². The van der Waals surface area contributed by atoms with Crippen molar-refractivity contribution in [1.29, 1.82) is 0 Å². The van der Waals surface area contributed by atoms with E-state index in [1.54, 1.807) is 52.7 Å². The Morgan fingerprint density at radius 3 is 2.21 bits per heavy atom. The van der Waals surface area contributed by atoms with Crippen LogP contribution in [0.4, 0.5) is 4.79 Å². The summed E-state index contributed by atoms with van der Waals surface area (Å²) in [6, 6.07) is 14.2. The summed E-state index contributed by atoms with van der Waals surface area (Å²) in [5, 5.41) is 9.37. The standard InChI is InChI=1S/C34H47N4O6PS3/c1-22(2)20-30(45(42,43-23-11-15-25(46-3)16-12-23)44-24-13-17-26(47-4)18-14-24)36-33(40)28-8-7-19-38(28)31(39)10-6-5-9-29-32-27(21-48-29)35-34(41)37-32/h11-18,22,27-30,32H,5-10,19-21H2,1-4H3,(H,36,40)(H2,35,37,41). The fourth-order valence-corrected chi connectivity index (χ4v) is 10.9. The number of rotatable bonds is 16. The van der Waals surface area contributed by atoms with Crippen LogP contribution in [-0.2, 0) is 14.2 Å². The Labute approximate surface area is 296 Å². The largest absolute Gasteiger partial charge is 0.452 e. The molecule has 0 spiro atoms. The van der Waals surface area contributed by atoms with Gasteiger partial charge in [-0.25, -0.2) is 9.36 Å². The molecule has 5 atom stereocenters. The van der Waals surface area contributed by atoms with Gasteiger partial charge in [-0.3, -0.25) is 9.59 Å². The molecule has 2 aromatic rings. The molecule has 0 aromatic heterocycles. The predicted octanol–water partition coefficient (Wildman–Crippen LogP) is 6.99. The average molecular weight is 735 g/mol. The molecule has 14 heteroatoms. The summed E-state index contributed by atoms with van der Waals surface area (Å²) >= 11 is 5.05. The number of benzene rings is 2. The van der Waals surface area contributed by atoms with Crippen LogP contribution in [0.5, 0.6) is 11.5 Å². The number of likely N-dealkylation sites (tertiary alicyclic amines) is 1. The molecule has 262 valence electrons. The molecule has 0 saturated carbocycles. The van der Waals surface area contributed by atoms with Gasteiger partial charge in [0.1, 0.15) is 17.5 Å². The first-order chi connectivity index (χ1) is 23.1. The van der Waals surface area contributed by atoms with E-state index in [0.29, 0.717) is 42.6 Å². The first kappa shape index (κ1) is 36.8. The van der Waals surface area contributed by atoms with Gasteiger partial charge in [0.2, 0.25) is 11.8 Å². The van der Waals surface area contributed by atoms with Crippen molar-refractivity contribution in [2.45, 2.75) is 97.7 Å². The molecule has 2 aromatic carbocycles. The van der Waals surface area contributed by atoms with Crippen LogP contribution in [0.15, 0.2) is 58.3 Å². The van der Waals surface area contributed by atoms with E-state index in [1.165, 1.54) is 0 Å². The Hall–Kier alpha value is -2.47. The Balaban J connectivity index is 1.25. The van der Waals surface area contributed by atoms with Crippen molar-refractivity contribution in [1.82, 2.24) is 20.9 Å². The first-order valence-electron chi connectivity index (χ1n) is 16.6. The molecule has 5 rings (SSSR count). The number of unbranched alkanes of at least 4 members (excludes halogenated alkanes) is 1. The van der Waals surface area contributed by atoms with Crippen molar-refractivity contribution in [3.8, 4) is 11.5 Å². The summed E-state index contributed by atoms with van der Waals surface area (Å²) in [4.78, 5) is 42.8. The van der Waals surface area contributed by atoms with Gasteiger partial charge in [-0.1, -0.05) is 20.3 Å². The van der Waals surface area contributed by atoms with Gasteiger partial charge in [0, 0.05) is 33.8 Å². The molecule has 3 heterocycles. The Bertz CT molecular complexity index is 1410. The molecular formula is C34H47N4O6PS3. The lowest BCUT2D eigenvalue weighted by atomic mass is 10.0. The van der Waals surface area contributed by atoms with Crippen LogP contribution in [0.3, 0.4) is 0 Å². The van der Waals surface area contributed by atoms with Gasteiger partial charge in [-0.2, -0.15) is 11.8 Å². The quantitative estimate of drug-likeness (QED) is 0.0725. The summed E-state index contributed by atoms with van der Waals surface area (Å²) in [6.45, 7) is 4.51. The minimum absolute atomic E-state index is 0.0423. The van der Waals surface area contributed by atoms with E-state index in [2.05, 4.69) is 16.0 Å². The molecule has 3 saturated heterocycles. The van der Waals surface area contributed by atoms with E-state index in [1.807, 2.05) is 62.4 Å². The van der Waals surface area contributed by atoms with Crippen LogP contribution in [0.2, 0.25) is 0 Å². The van der Waals surface area contributed by atoms with Crippen molar-refractivity contribution in [2.75, 3.05) is 24.8 Å². The predicted molar refractivity (Wildman–Crippen MR) is 195 cm³/mol. The molecular weight excluding hydrogens is 688 g/mol. The van der Waals surface area contributed by atoms with Crippen LogP contribution >= 0.6 is 42.9 Å². The highest BCUT2D eigenvalue weighted by atomic mass is 32.2. The van der Waals surface area contributed by atoms with Crippen molar-refractivity contribution in [3.63, 3.8) is 0 Å². The number of carbonyl (C=O) groups excluding carboxylic acids is 3. The minimum atomic E-state index is -4.04. The first-order valence-corrected chi connectivity index (χ1v) is 21.7. The molecule has 10 nitrogen and oxygen atoms in total. The number of carbonyl (C=O) groups is 3. The lowest BCUT2D eigenvalue weighted by Gasteiger charge is -2.31. The maximum Gasteiger partial charge on any atom is 0.452 e. The zero-order chi connectivity index (χ0) is 34.3. The van der Waals surface area contributed by atoms with E-state index in [4.69, 9.17) is 9.05 Å². The molecule has 48 heavy (non-hydrogen) atoms. The zero-order valence-electron chi connectivity index (χ0n) is 28.0. The van der Waals surface area contributed by atoms with Crippen molar-refractivity contribution in [2.24, 2.45) is 5.92 Å². The fraction of sp³-hybridized carbons (Fsp3) is 0.559. The van der Waals surface area contributed by atoms with Crippen LogP contribution in [0.1, 0.15) is 58.8 Å². The smallest absolute Gasteiger partial charge is 0.415 e. The number of hydrogen-bond acceptors (Lipinski definition) is 9. The van der Waals surface area contributed by atoms with Crippen molar-refractivity contribution >= 4 is 60.7 Å². The van der Waals surface area contributed by atoms with Crippen LogP contribution in [-0.4, -0.2) is 76.7 Å². The van der Waals surface area contributed by atoms with Crippen molar-refractivity contribution < 1.29 is 28.0 Å². The zero-order valence-corrected chi connectivity index (χ0v) is 31.4. The molecule has 3 fully saturated rings. The molecule has 3 aliphatic heterocycles. The monoisotopic (exact) mass is 734 g/mol. The molecule has 3 N–H and O–H groups in total. The normalized spacial score (nSPS) is 22.6. The molecule has 3 aliphatic rings. The van der Waals surface area contributed by atoms with Crippen LogP contribution < -0.4 is 25.0 Å². The van der Waals surface area contributed by atoms with E-state index < -0.39 is 19.4 Å². The second kappa shape index (κ2) is 17.0. The number of nitrogens with zero attached hydrogens (tertiary/aromatic N) is 1. The second-order valence-electron chi connectivity index (χ2n) is 12.8. The van der Waals surface area contributed by atoms with Crippen molar-refractivity contribution in [3.05, 3.63) is 48.5 Å². The van der Waals surface area contributed by atoms with Gasteiger partial charge < -0.3 is 29.9 Å². The lowest BCUT2D eigenvalue weighted by molar-refractivity contribution is -0.138. The maximum absolute atomic E-state index is 14.9. The van der Waals surface area contributed by atoms with E-state index in [0.717, 1.165) is 41.2 Å². The number of thioether (sulfide) groups is 3. The van der Waals surface area contributed by atoms with Gasteiger partial charge in [-0.05, 0) is 99.1 Å². The average Bonchev–Trinajstić information content (AvgIpc) is 3.80. The maximum atomic E-state index is 14.9. The summed E-state index contributed by atoms with van der Waals surface area (Å²) in [5.41, 5.74) is 0. The minimum Gasteiger partial charge on any atom is -0.415 e. The highest BCUT2D eigenvalue weighted by Crippen LogP contribution is 2.54. The number of amides is 4. The Kier molecular flexibility index (Phi) is 13.0. The second-order valence-corrected chi connectivity index (χ2v) is 17.9. The third-order valence-corrected chi connectivity index (χ3v) is 13.9. The van der Waals surface area contributed by atoms with Crippen LogP contribution in [0, 0.1) is 5.92 Å². The Morgan fingerprint density at radius 2 is 1.62 bits per heavy atom.